The zero-order valence-corrected chi connectivity index (χ0v) is 18.3. The summed E-state index contributed by atoms with van der Waals surface area (Å²) in [7, 11) is -3.51. The van der Waals surface area contributed by atoms with Crippen LogP contribution in [-0.2, 0) is 24.3 Å². The zero-order chi connectivity index (χ0) is 21.6. The zero-order valence-electron chi connectivity index (χ0n) is 17.5. The van der Waals surface area contributed by atoms with Crippen molar-refractivity contribution in [3.63, 3.8) is 0 Å². The molecule has 0 saturated carbocycles. The van der Waals surface area contributed by atoms with E-state index in [1.807, 2.05) is 0 Å². The molecule has 1 N–H and O–H groups in total. The first kappa shape index (κ1) is 22.6. The molecule has 9 heteroatoms. The second-order valence-electron chi connectivity index (χ2n) is 7.75. The van der Waals surface area contributed by atoms with E-state index < -0.39 is 10.0 Å². The lowest BCUT2D eigenvalue weighted by molar-refractivity contribution is -0.151. The van der Waals surface area contributed by atoms with Crippen LogP contribution in [0.25, 0.3) is 0 Å². The van der Waals surface area contributed by atoms with Crippen LogP contribution in [0, 0.1) is 5.92 Å². The van der Waals surface area contributed by atoms with Crippen LogP contribution in [-0.4, -0.2) is 68.8 Å². The normalized spacial score (nSPS) is 18.8. The highest BCUT2D eigenvalue weighted by Crippen LogP contribution is 2.23. The van der Waals surface area contributed by atoms with Gasteiger partial charge in [0.2, 0.25) is 15.9 Å². The molecule has 0 unspecified atom stereocenters. The minimum Gasteiger partial charge on any atom is -0.466 e. The number of hydrogen-bond donors (Lipinski definition) is 1. The second-order valence-corrected chi connectivity index (χ2v) is 9.69. The third-order valence-corrected chi connectivity index (χ3v) is 7.59. The van der Waals surface area contributed by atoms with Gasteiger partial charge in [-0.25, -0.2) is 8.42 Å². The number of benzene rings is 1. The molecule has 0 bridgehead atoms. The van der Waals surface area contributed by atoms with E-state index in [4.69, 9.17) is 4.74 Å². The van der Waals surface area contributed by atoms with Crippen molar-refractivity contribution < 1.29 is 22.7 Å². The lowest BCUT2D eigenvalue weighted by Crippen LogP contribution is -2.43. The quantitative estimate of drug-likeness (QED) is 0.656. The van der Waals surface area contributed by atoms with Crippen molar-refractivity contribution in [2.75, 3.05) is 44.6 Å². The van der Waals surface area contributed by atoms with Gasteiger partial charge >= 0.3 is 5.97 Å². The number of rotatable bonds is 7. The number of nitrogens with zero attached hydrogens (tertiary/aromatic N) is 2. The van der Waals surface area contributed by atoms with Gasteiger partial charge in [-0.1, -0.05) is 12.5 Å². The van der Waals surface area contributed by atoms with Crippen molar-refractivity contribution >= 4 is 27.6 Å². The molecule has 2 saturated heterocycles. The van der Waals surface area contributed by atoms with E-state index in [1.165, 1.54) is 4.31 Å². The van der Waals surface area contributed by atoms with Crippen LogP contribution in [0.1, 0.15) is 39.0 Å². The molecule has 2 fully saturated rings. The van der Waals surface area contributed by atoms with Crippen LogP contribution in [0.3, 0.4) is 0 Å². The fourth-order valence-electron chi connectivity index (χ4n) is 3.94. The Morgan fingerprint density at radius 1 is 1.10 bits per heavy atom. The molecule has 8 nitrogen and oxygen atoms in total. The monoisotopic (exact) mass is 437 g/mol. The van der Waals surface area contributed by atoms with Crippen LogP contribution in [0.4, 0.5) is 5.69 Å². The van der Waals surface area contributed by atoms with Gasteiger partial charge in [-0.2, -0.15) is 4.31 Å². The molecule has 1 aromatic carbocycles. The number of esters is 1. The minimum absolute atomic E-state index is 0.0680. The number of ether oxygens (including phenoxy) is 1. The standard InChI is InChI=1S/C21H31N3O5S/c1-2-29-21(26)17-9-13-23(14-10-17)20(25)16-22-18-7-6-8-19(15-18)30(27,28)24-11-4-3-5-12-24/h6-8,15,17,22H,2-5,9-14,16H2,1H3. The maximum atomic E-state index is 12.8. The van der Waals surface area contributed by atoms with Crippen LogP contribution in [0.5, 0.6) is 0 Å². The Balaban J connectivity index is 1.53. The number of amides is 1. The lowest BCUT2D eigenvalue weighted by Gasteiger charge is -2.31. The molecule has 3 rings (SSSR count). The molecule has 30 heavy (non-hydrogen) atoms. The van der Waals surface area contributed by atoms with Crippen molar-refractivity contribution in [3.8, 4) is 0 Å². The SMILES string of the molecule is CCOC(=O)C1CCN(C(=O)CNc2cccc(S(=O)(=O)N3CCCCC3)c2)CC1. The summed E-state index contributed by atoms with van der Waals surface area (Å²) in [5.41, 5.74) is 0.600. The summed E-state index contributed by atoms with van der Waals surface area (Å²) in [6.45, 7) is 4.39. The highest BCUT2D eigenvalue weighted by atomic mass is 32.2. The third-order valence-electron chi connectivity index (χ3n) is 5.70. The fraction of sp³-hybridized carbons (Fsp3) is 0.619. The number of carbonyl (C=O) groups excluding carboxylic acids is 2. The molecule has 2 aliphatic heterocycles. The molecule has 0 spiro atoms. The van der Waals surface area contributed by atoms with Crippen molar-refractivity contribution in [3.05, 3.63) is 24.3 Å². The van der Waals surface area contributed by atoms with Gasteiger partial charge in [-0.3, -0.25) is 9.59 Å². The van der Waals surface area contributed by atoms with E-state index in [-0.39, 0.29) is 29.2 Å². The van der Waals surface area contributed by atoms with Crippen molar-refractivity contribution in [1.82, 2.24) is 9.21 Å². The summed E-state index contributed by atoms with van der Waals surface area (Å²) in [5.74, 6) is -0.394. The number of sulfonamides is 1. The average molecular weight is 438 g/mol. The Morgan fingerprint density at radius 3 is 2.47 bits per heavy atom. The summed E-state index contributed by atoms with van der Waals surface area (Å²) in [5, 5.41) is 3.05. The maximum absolute atomic E-state index is 12.8. The molecule has 2 aliphatic rings. The second kappa shape index (κ2) is 10.3. The van der Waals surface area contributed by atoms with Crippen LogP contribution >= 0.6 is 0 Å². The molecule has 0 radical (unpaired) electrons. The molecule has 166 valence electrons. The highest BCUT2D eigenvalue weighted by Gasteiger charge is 2.28. The van der Waals surface area contributed by atoms with Gasteiger partial charge in [0.15, 0.2) is 0 Å². The van der Waals surface area contributed by atoms with Crippen LogP contribution in [0.2, 0.25) is 0 Å². The smallest absolute Gasteiger partial charge is 0.309 e. The molecular formula is C21H31N3O5S. The first-order valence-electron chi connectivity index (χ1n) is 10.7. The molecule has 2 heterocycles. The number of hydrogen-bond acceptors (Lipinski definition) is 6. The van der Waals surface area contributed by atoms with Gasteiger partial charge in [0.1, 0.15) is 0 Å². The summed E-state index contributed by atoms with van der Waals surface area (Å²) in [4.78, 5) is 26.3. The van der Waals surface area contributed by atoms with Crippen LogP contribution in [0.15, 0.2) is 29.2 Å². The first-order valence-corrected chi connectivity index (χ1v) is 12.1. The van der Waals surface area contributed by atoms with E-state index in [1.54, 1.807) is 36.1 Å². The van der Waals surface area contributed by atoms with E-state index in [0.29, 0.717) is 51.3 Å². The van der Waals surface area contributed by atoms with Crippen molar-refractivity contribution in [2.45, 2.75) is 43.9 Å². The van der Waals surface area contributed by atoms with E-state index >= 15 is 0 Å². The van der Waals surface area contributed by atoms with Gasteiger partial charge in [-0.15, -0.1) is 0 Å². The fourth-order valence-corrected chi connectivity index (χ4v) is 5.50. The van der Waals surface area contributed by atoms with Gasteiger partial charge in [0.25, 0.3) is 0 Å². The highest BCUT2D eigenvalue weighted by molar-refractivity contribution is 7.89. The Kier molecular flexibility index (Phi) is 7.71. The molecule has 1 amide bonds. The molecule has 0 aliphatic carbocycles. The molecule has 1 aromatic rings. The topological polar surface area (TPSA) is 96.0 Å². The summed E-state index contributed by atoms with van der Waals surface area (Å²) in [6.07, 6.45) is 4.05. The number of piperidine rings is 2. The first-order chi connectivity index (χ1) is 14.4. The van der Waals surface area contributed by atoms with Gasteiger partial charge < -0.3 is 15.0 Å². The number of nitrogens with one attached hydrogen (secondary N) is 1. The Labute approximate surface area is 178 Å². The van der Waals surface area contributed by atoms with Gasteiger partial charge in [-0.05, 0) is 50.8 Å². The van der Waals surface area contributed by atoms with Crippen LogP contribution < -0.4 is 5.32 Å². The average Bonchev–Trinajstić information content (AvgIpc) is 2.78. The minimum atomic E-state index is -3.51. The number of likely N-dealkylation sites (tertiary alicyclic amines) is 1. The summed E-state index contributed by atoms with van der Waals surface area (Å²) >= 11 is 0. The predicted octanol–water partition coefficient (Wildman–Crippen LogP) is 2.07. The van der Waals surface area contributed by atoms with Gasteiger partial charge in [0.05, 0.1) is 24.0 Å². The number of anilines is 1. The summed E-state index contributed by atoms with van der Waals surface area (Å²) in [6, 6.07) is 6.63. The van der Waals surface area contributed by atoms with E-state index in [9.17, 15) is 18.0 Å². The molecular weight excluding hydrogens is 406 g/mol. The molecule has 0 aromatic heterocycles. The van der Waals surface area contributed by atoms with Gasteiger partial charge in [0, 0.05) is 31.9 Å². The number of carbonyl (C=O) groups is 2. The van der Waals surface area contributed by atoms with E-state index in [2.05, 4.69) is 5.32 Å². The van der Waals surface area contributed by atoms with E-state index in [0.717, 1.165) is 19.3 Å². The largest absolute Gasteiger partial charge is 0.466 e. The van der Waals surface area contributed by atoms with Crippen molar-refractivity contribution in [2.24, 2.45) is 5.92 Å². The third kappa shape index (κ3) is 5.51. The van der Waals surface area contributed by atoms with Crippen molar-refractivity contribution in [1.29, 1.82) is 0 Å². The predicted molar refractivity (Wildman–Crippen MR) is 113 cm³/mol. The Bertz CT molecular complexity index is 844. The molecule has 0 atom stereocenters. The Hall–Kier alpha value is -2.13. The maximum Gasteiger partial charge on any atom is 0.309 e. The summed E-state index contributed by atoms with van der Waals surface area (Å²) < 4.78 is 32.3. The Morgan fingerprint density at radius 2 is 1.80 bits per heavy atom. The lowest BCUT2D eigenvalue weighted by atomic mass is 9.97.